The summed E-state index contributed by atoms with van der Waals surface area (Å²) >= 11 is 0. The van der Waals surface area contributed by atoms with Crippen LogP contribution in [0, 0.1) is 11.3 Å². The Morgan fingerprint density at radius 1 is 1.21 bits per heavy atom. The van der Waals surface area contributed by atoms with Crippen LogP contribution in [0.5, 0.6) is 0 Å². The van der Waals surface area contributed by atoms with E-state index in [0.29, 0.717) is 43.8 Å². The Morgan fingerprint density at radius 3 is 2.37 bits per heavy atom. The van der Waals surface area contributed by atoms with E-state index in [4.69, 9.17) is 5.11 Å². The van der Waals surface area contributed by atoms with Gasteiger partial charge in [0.25, 0.3) is 0 Å². The molecule has 0 aromatic heterocycles. The number of piperidine rings is 1. The molecule has 2 atom stereocenters. The van der Waals surface area contributed by atoms with Crippen LogP contribution < -0.4 is 10.6 Å². The van der Waals surface area contributed by atoms with Gasteiger partial charge in [-0.05, 0) is 44.4 Å². The molecular formula is C14H22N2O3. The van der Waals surface area contributed by atoms with E-state index in [0.717, 1.165) is 12.8 Å². The standard InChI is InChI=1S/C14H22N2O3/c17-12(15-8-14(3-4-14)13(18)19)7-9-5-10-1-2-11(6-9)16-10/h9-11,16H,1-8H2,(H,15,17)(H,18,19). The summed E-state index contributed by atoms with van der Waals surface area (Å²) in [5.41, 5.74) is -0.650. The lowest BCUT2D eigenvalue weighted by Gasteiger charge is -2.28. The molecule has 0 radical (unpaired) electrons. The smallest absolute Gasteiger partial charge is 0.311 e. The molecule has 1 saturated carbocycles. The zero-order valence-corrected chi connectivity index (χ0v) is 11.2. The van der Waals surface area contributed by atoms with Crippen molar-refractivity contribution >= 4 is 11.9 Å². The Kier molecular flexibility index (Phi) is 3.25. The van der Waals surface area contributed by atoms with Crippen LogP contribution in [0.25, 0.3) is 0 Å². The first-order valence-electron chi connectivity index (χ1n) is 7.33. The maximum Gasteiger partial charge on any atom is 0.311 e. The molecule has 5 heteroatoms. The third-order valence-corrected chi connectivity index (χ3v) is 4.98. The molecule has 2 bridgehead atoms. The number of carboxylic acids is 1. The van der Waals surface area contributed by atoms with Crippen molar-refractivity contribution in [3.8, 4) is 0 Å². The van der Waals surface area contributed by atoms with Crippen molar-refractivity contribution < 1.29 is 14.7 Å². The Balaban J connectivity index is 1.43. The number of hydrogen-bond acceptors (Lipinski definition) is 3. The van der Waals surface area contributed by atoms with Gasteiger partial charge < -0.3 is 15.7 Å². The number of nitrogens with one attached hydrogen (secondary N) is 2. The van der Waals surface area contributed by atoms with E-state index in [-0.39, 0.29) is 5.91 Å². The molecule has 3 rings (SSSR count). The quantitative estimate of drug-likeness (QED) is 0.690. The van der Waals surface area contributed by atoms with Gasteiger partial charge in [-0.15, -0.1) is 0 Å². The molecule has 3 aliphatic rings. The summed E-state index contributed by atoms with van der Waals surface area (Å²) in [6, 6.07) is 1.20. The van der Waals surface area contributed by atoms with Crippen LogP contribution in [-0.2, 0) is 9.59 Å². The first kappa shape index (κ1) is 12.9. The number of fused-ring (bicyclic) bond motifs is 2. The lowest BCUT2D eigenvalue weighted by molar-refractivity contribution is -0.143. The van der Waals surface area contributed by atoms with Crippen LogP contribution in [0.4, 0.5) is 0 Å². The summed E-state index contributed by atoms with van der Waals surface area (Å²) in [6.45, 7) is 0.305. The first-order chi connectivity index (χ1) is 9.07. The number of aliphatic carboxylic acids is 1. The van der Waals surface area contributed by atoms with E-state index in [9.17, 15) is 9.59 Å². The predicted molar refractivity (Wildman–Crippen MR) is 69.6 cm³/mol. The topological polar surface area (TPSA) is 78.4 Å². The summed E-state index contributed by atoms with van der Waals surface area (Å²) in [7, 11) is 0. The summed E-state index contributed by atoms with van der Waals surface area (Å²) in [5.74, 6) is -0.273. The second-order valence-corrected chi connectivity index (χ2v) is 6.54. The van der Waals surface area contributed by atoms with Crippen molar-refractivity contribution in [3.05, 3.63) is 0 Å². The molecule has 3 fully saturated rings. The minimum Gasteiger partial charge on any atom is -0.481 e. The molecule has 2 saturated heterocycles. The fourth-order valence-electron chi connectivity index (χ4n) is 3.56. The molecule has 0 aromatic carbocycles. The SMILES string of the molecule is O=C(CC1CC2CCC(C1)N2)NCC1(C(=O)O)CC1. The molecule has 2 heterocycles. The third-order valence-electron chi connectivity index (χ3n) is 4.98. The number of amides is 1. The minimum atomic E-state index is -0.771. The second-order valence-electron chi connectivity index (χ2n) is 6.54. The van der Waals surface area contributed by atoms with Gasteiger partial charge in [0.2, 0.25) is 5.91 Å². The average Bonchev–Trinajstić information content (AvgIpc) is 3.08. The van der Waals surface area contributed by atoms with E-state index in [2.05, 4.69) is 10.6 Å². The molecule has 1 amide bonds. The monoisotopic (exact) mass is 266 g/mol. The van der Waals surface area contributed by atoms with E-state index in [1.54, 1.807) is 0 Å². The highest BCUT2D eigenvalue weighted by Gasteiger charge is 2.50. The first-order valence-corrected chi connectivity index (χ1v) is 7.33. The highest BCUT2D eigenvalue weighted by atomic mass is 16.4. The molecule has 5 nitrogen and oxygen atoms in total. The number of carboxylic acid groups (broad SMARTS) is 1. The fourth-order valence-corrected chi connectivity index (χ4v) is 3.56. The molecular weight excluding hydrogens is 244 g/mol. The number of carbonyl (C=O) groups excluding carboxylic acids is 1. The van der Waals surface area contributed by atoms with Gasteiger partial charge in [-0.3, -0.25) is 9.59 Å². The third kappa shape index (κ3) is 2.76. The number of rotatable bonds is 5. The van der Waals surface area contributed by atoms with Gasteiger partial charge in [0.15, 0.2) is 0 Å². The van der Waals surface area contributed by atoms with Crippen LogP contribution >= 0.6 is 0 Å². The Bertz CT molecular complexity index is 380. The predicted octanol–water partition coefficient (Wildman–Crippen LogP) is 0.888. The van der Waals surface area contributed by atoms with E-state index in [1.807, 2.05) is 0 Å². The van der Waals surface area contributed by atoms with Crippen molar-refractivity contribution in [2.24, 2.45) is 11.3 Å². The molecule has 2 unspecified atom stereocenters. The van der Waals surface area contributed by atoms with Gasteiger partial charge >= 0.3 is 5.97 Å². The molecule has 0 spiro atoms. The molecule has 0 aromatic rings. The Hall–Kier alpha value is -1.10. The van der Waals surface area contributed by atoms with Crippen molar-refractivity contribution in [3.63, 3.8) is 0 Å². The van der Waals surface area contributed by atoms with Gasteiger partial charge in [-0.2, -0.15) is 0 Å². The van der Waals surface area contributed by atoms with Crippen LogP contribution in [0.1, 0.15) is 44.9 Å². The zero-order chi connectivity index (χ0) is 13.5. The number of carbonyl (C=O) groups is 2. The maximum absolute atomic E-state index is 11.9. The Morgan fingerprint density at radius 2 is 1.84 bits per heavy atom. The van der Waals surface area contributed by atoms with Crippen LogP contribution in [0.2, 0.25) is 0 Å². The summed E-state index contributed by atoms with van der Waals surface area (Å²) in [4.78, 5) is 22.9. The maximum atomic E-state index is 11.9. The van der Waals surface area contributed by atoms with Gasteiger partial charge in [-0.1, -0.05) is 0 Å². The lowest BCUT2D eigenvalue weighted by Crippen LogP contribution is -2.40. The molecule has 3 N–H and O–H groups in total. The molecule has 106 valence electrons. The van der Waals surface area contributed by atoms with Gasteiger partial charge in [0.05, 0.1) is 5.41 Å². The molecule has 1 aliphatic carbocycles. The van der Waals surface area contributed by atoms with Gasteiger partial charge in [0.1, 0.15) is 0 Å². The van der Waals surface area contributed by atoms with Crippen LogP contribution in [-0.4, -0.2) is 35.6 Å². The van der Waals surface area contributed by atoms with Crippen LogP contribution in [0.3, 0.4) is 0 Å². The van der Waals surface area contributed by atoms with Crippen LogP contribution in [0.15, 0.2) is 0 Å². The molecule has 2 aliphatic heterocycles. The highest BCUT2D eigenvalue weighted by Crippen LogP contribution is 2.45. The Labute approximate surface area is 113 Å². The van der Waals surface area contributed by atoms with E-state index in [1.165, 1.54) is 12.8 Å². The highest BCUT2D eigenvalue weighted by molar-refractivity contribution is 5.81. The number of hydrogen-bond donors (Lipinski definition) is 3. The normalized spacial score (nSPS) is 34.8. The summed E-state index contributed by atoms with van der Waals surface area (Å²) in [6.07, 6.45) is 6.61. The fraction of sp³-hybridized carbons (Fsp3) is 0.857. The van der Waals surface area contributed by atoms with Crippen molar-refractivity contribution in [1.82, 2.24) is 10.6 Å². The minimum absolute atomic E-state index is 0.0267. The lowest BCUT2D eigenvalue weighted by atomic mass is 9.89. The van der Waals surface area contributed by atoms with Crippen molar-refractivity contribution in [2.45, 2.75) is 57.0 Å². The van der Waals surface area contributed by atoms with Gasteiger partial charge in [0, 0.05) is 25.0 Å². The van der Waals surface area contributed by atoms with Crippen molar-refractivity contribution in [2.75, 3.05) is 6.54 Å². The summed E-state index contributed by atoms with van der Waals surface area (Å²) < 4.78 is 0. The summed E-state index contributed by atoms with van der Waals surface area (Å²) in [5, 5.41) is 15.4. The zero-order valence-electron chi connectivity index (χ0n) is 11.2. The van der Waals surface area contributed by atoms with E-state index >= 15 is 0 Å². The van der Waals surface area contributed by atoms with E-state index < -0.39 is 11.4 Å². The largest absolute Gasteiger partial charge is 0.481 e. The van der Waals surface area contributed by atoms with Crippen molar-refractivity contribution in [1.29, 1.82) is 0 Å². The second kappa shape index (κ2) is 4.78. The molecule has 19 heavy (non-hydrogen) atoms. The average molecular weight is 266 g/mol. The van der Waals surface area contributed by atoms with Gasteiger partial charge in [-0.25, -0.2) is 0 Å².